The third-order valence-electron chi connectivity index (χ3n) is 2.57. The maximum atomic E-state index is 11.2. The minimum absolute atomic E-state index is 0.0426. The summed E-state index contributed by atoms with van der Waals surface area (Å²) in [6.07, 6.45) is 2.69. The van der Waals surface area contributed by atoms with Gasteiger partial charge in [-0.1, -0.05) is 13.8 Å². The highest BCUT2D eigenvalue weighted by Crippen LogP contribution is 2.30. The lowest BCUT2D eigenvalue weighted by Gasteiger charge is -2.36. The molecule has 1 fully saturated rings. The molecule has 0 heterocycles. The fourth-order valence-electron chi connectivity index (χ4n) is 1.38. The van der Waals surface area contributed by atoms with Gasteiger partial charge in [-0.05, 0) is 19.3 Å². The molecule has 0 aromatic carbocycles. The normalized spacial score (nSPS) is 19.1. The minimum atomic E-state index is -0.618. The van der Waals surface area contributed by atoms with E-state index in [4.69, 9.17) is 0 Å². The number of carbonyl (C=O) groups is 1. The summed E-state index contributed by atoms with van der Waals surface area (Å²) in [7, 11) is 0. The highest BCUT2D eigenvalue weighted by Gasteiger charge is 2.34. The van der Waals surface area contributed by atoms with Crippen LogP contribution in [0.4, 0.5) is 0 Å². The van der Waals surface area contributed by atoms with E-state index in [0.29, 0.717) is 19.1 Å². The largest absolute Gasteiger partial charge is 0.388 e. The molecule has 1 rings (SSSR count). The van der Waals surface area contributed by atoms with E-state index in [9.17, 15) is 9.90 Å². The predicted molar refractivity (Wildman–Crippen MR) is 54.9 cm³/mol. The Labute approximate surface area is 85.1 Å². The average molecular weight is 200 g/mol. The van der Waals surface area contributed by atoms with Gasteiger partial charge in [0.1, 0.15) is 0 Å². The summed E-state index contributed by atoms with van der Waals surface area (Å²) in [5.41, 5.74) is -0.618. The van der Waals surface area contributed by atoms with Gasteiger partial charge >= 0.3 is 0 Å². The Bertz CT molecular complexity index is 200. The first-order valence-electron chi connectivity index (χ1n) is 5.24. The molecule has 0 radical (unpaired) electrons. The molecular formula is C10H20N2O2. The summed E-state index contributed by atoms with van der Waals surface area (Å²) in [6, 6.07) is 0.313. The molecule has 1 aliphatic rings. The molecule has 0 atom stereocenters. The van der Waals surface area contributed by atoms with Crippen LogP contribution in [0.15, 0.2) is 0 Å². The second kappa shape index (κ2) is 4.75. The van der Waals surface area contributed by atoms with Crippen molar-refractivity contribution in [2.45, 2.75) is 44.8 Å². The molecule has 0 bridgehead atoms. The average Bonchev–Trinajstić information content (AvgIpc) is 2.08. The third kappa shape index (κ3) is 3.64. The molecule has 1 saturated carbocycles. The van der Waals surface area contributed by atoms with Gasteiger partial charge in [0, 0.05) is 12.6 Å². The molecule has 0 saturated heterocycles. The zero-order chi connectivity index (χ0) is 10.6. The Balaban J connectivity index is 2.08. The van der Waals surface area contributed by atoms with Crippen LogP contribution in [0.25, 0.3) is 0 Å². The second-order valence-corrected chi connectivity index (χ2v) is 4.39. The Kier molecular flexibility index (Phi) is 3.89. The van der Waals surface area contributed by atoms with E-state index in [1.54, 1.807) is 0 Å². The van der Waals surface area contributed by atoms with E-state index in [0.717, 1.165) is 19.3 Å². The van der Waals surface area contributed by atoms with Gasteiger partial charge < -0.3 is 15.7 Å². The van der Waals surface area contributed by atoms with Crippen LogP contribution >= 0.6 is 0 Å². The Morgan fingerprint density at radius 2 is 2.14 bits per heavy atom. The Hall–Kier alpha value is -0.610. The Morgan fingerprint density at radius 1 is 1.50 bits per heavy atom. The smallest absolute Gasteiger partial charge is 0.234 e. The number of carbonyl (C=O) groups excluding carboxylic acids is 1. The first kappa shape index (κ1) is 11.5. The lowest BCUT2D eigenvalue weighted by Crippen LogP contribution is -2.49. The monoisotopic (exact) mass is 200 g/mol. The van der Waals surface area contributed by atoms with Crippen LogP contribution in [0.2, 0.25) is 0 Å². The molecule has 0 aromatic rings. The first-order chi connectivity index (χ1) is 6.52. The molecule has 0 spiro atoms. The maximum Gasteiger partial charge on any atom is 0.234 e. The van der Waals surface area contributed by atoms with E-state index < -0.39 is 5.60 Å². The fourth-order valence-corrected chi connectivity index (χ4v) is 1.38. The van der Waals surface area contributed by atoms with Gasteiger partial charge in [-0.2, -0.15) is 0 Å². The predicted octanol–water partition coefficient (Wildman–Crippen LogP) is 0.0156. The molecule has 1 amide bonds. The first-order valence-corrected chi connectivity index (χ1v) is 5.24. The highest BCUT2D eigenvalue weighted by atomic mass is 16.3. The molecule has 14 heavy (non-hydrogen) atoms. The highest BCUT2D eigenvalue weighted by molar-refractivity contribution is 5.78. The van der Waals surface area contributed by atoms with E-state index in [1.165, 1.54) is 0 Å². The van der Waals surface area contributed by atoms with Crippen LogP contribution < -0.4 is 10.6 Å². The SMILES string of the molecule is CC(C)NCC(=O)NCC1(O)CCC1. The van der Waals surface area contributed by atoms with E-state index in [2.05, 4.69) is 10.6 Å². The fraction of sp³-hybridized carbons (Fsp3) is 0.900. The maximum absolute atomic E-state index is 11.2. The van der Waals surface area contributed by atoms with Crippen molar-refractivity contribution < 1.29 is 9.90 Å². The van der Waals surface area contributed by atoms with Gasteiger partial charge in [0.15, 0.2) is 0 Å². The molecule has 1 aliphatic carbocycles. The molecular weight excluding hydrogens is 180 g/mol. The Morgan fingerprint density at radius 3 is 2.57 bits per heavy atom. The number of aliphatic hydroxyl groups is 1. The van der Waals surface area contributed by atoms with Crippen molar-refractivity contribution in [2.75, 3.05) is 13.1 Å². The van der Waals surface area contributed by atoms with Crippen molar-refractivity contribution in [3.05, 3.63) is 0 Å². The van der Waals surface area contributed by atoms with Crippen LogP contribution in [-0.2, 0) is 4.79 Å². The third-order valence-corrected chi connectivity index (χ3v) is 2.57. The number of nitrogens with one attached hydrogen (secondary N) is 2. The molecule has 3 N–H and O–H groups in total. The number of hydrogen-bond donors (Lipinski definition) is 3. The van der Waals surface area contributed by atoms with E-state index >= 15 is 0 Å². The van der Waals surface area contributed by atoms with Gasteiger partial charge in [0.05, 0.1) is 12.1 Å². The molecule has 0 aromatic heterocycles. The van der Waals surface area contributed by atoms with Crippen LogP contribution in [-0.4, -0.2) is 35.7 Å². The zero-order valence-electron chi connectivity index (χ0n) is 8.97. The molecule has 0 unspecified atom stereocenters. The van der Waals surface area contributed by atoms with E-state index in [1.807, 2.05) is 13.8 Å². The summed E-state index contributed by atoms with van der Waals surface area (Å²) in [6.45, 7) is 4.71. The van der Waals surface area contributed by atoms with Crippen molar-refractivity contribution in [2.24, 2.45) is 0 Å². The van der Waals surface area contributed by atoms with Gasteiger partial charge in [0.25, 0.3) is 0 Å². The summed E-state index contributed by atoms with van der Waals surface area (Å²) >= 11 is 0. The number of hydrogen-bond acceptors (Lipinski definition) is 3. The topological polar surface area (TPSA) is 61.4 Å². The lowest BCUT2D eigenvalue weighted by molar-refractivity contribution is -0.122. The molecule has 4 nitrogen and oxygen atoms in total. The van der Waals surface area contributed by atoms with Gasteiger partial charge in [-0.3, -0.25) is 4.79 Å². The minimum Gasteiger partial charge on any atom is -0.388 e. The molecule has 0 aliphatic heterocycles. The quantitative estimate of drug-likeness (QED) is 0.586. The summed E-state index contributed by atoms with van der Waals surface area (Å²) in [4.78, 5) is 11.2. The second-order valence-electron chi connectivity index (χ2n) is 4.39. The van der Waals surface area contributed by atoms with Crippen molar-refractivity contribution in [3.8, 4) is 0 Å². The lowest BCUT2D eigenvalue weighted by atomic mass is 9.80. The van der Waals surface area contributed by atoms with Crippen LogP contribution in [0, 0.1) is 0 Å². The van der Waals surface area contributed by atoms with Crippen LogP contribution in [0.5, 0.6) is 0 Å². The molecule has 82 valence electrons. The van der Waals surface area contributed by atoms with Crippen molar-refractivity contribution in [1.29, 1.82) is 0 Å². The van der Waals surface area contributed by atoms with Crippen molar-refractivity contribution in [3.63, 3.8) is 0 Å². The zero-order valence-corrected chi connectivity index (χ0v) is 8.97. The van der Waals surface area contributed by atoms with E-state index in [-0.39, 0.29) is 5.91 Å². The standard InChI is InChI=1S/C10H20N2O2/c1-8(2)11-6-9(13)12-7-10(14)4-3-5-10/h8,11,14H,3-7H2,1-2H3,(H,12,13). The number of rotatable bonds is 5. The van der Waals surface area contributed by atoms with Gasteiger partial charge in [0.2, 0.25) is 5.91 Å². The van der Waals surface area contributed by atoms with Gasteiger partial charge in [-0.25, -0.2) is 0 Å². The van der Waals surface area contributed by atoms with Crippen molar-refractivity contribution in [1.82, 2.24) is 10.6 Å². The van der Waals surface area contributed by atoms with Crippen molar-refractivity contribution >= 4 is 5.91 Å². The number of amides is 1. The van der Waals surface area contributed by atoms with Crippen LogP contribution in [0.1, 0.15) is 33.1 Å². The summed E-state index contributed by atoms with van der Waals surface area (Å²) in [5, 5.41) is 15.5. The summed E-state index contributed by atoms with van der Waals surface area (Å²) in [5.74, 6) is -0.0426. The van der Waals surface area contributed by atoms with Crippen LogP contribution in [0.3, 0.4) is 0 Å². The summed E-state index contributed by atoms with van der Waals surface area (Å²) < 4.78 is 0. The molecule has 4 heteroatoms. The van der Waals surface area contributed by atoms with Gasteiger partial charge in [-0.15, -0.1) is 0 Å².